The fourth-order valence-corrected chi connectivity index (χ4v) is 1.92. The maximum Gasteiger partial charge on any atom is 0.343 e. The van der Waals surface area contributed by atoms with Crippen LogP contribution in [0.2, 0.25) is 0 Å². The van der Waals surface area contributed by atoms with Crippen LogP contribution in [-0.2, 0) is 11.2 Å². The minimum atomic E-state index is -1.11. The highest BCUT2D eigenvalue weighted by Gasteiger charge is 2.16. The highest BCUT2D eigenvalue weighted by Crippen LogP contribution is 2.35. The molecule has 6 N–H and O–H groups in total. The van der Waals surface area contributed by atoms with Crippen molar-refractivity contribution in [1.82, 2.24) is 0 Å². The van der Waals surface area contributed by atoms with Crippen molar-refractivity contribution < 1.29 is 34.8 Å². The second-order valence-corrected chi connectivity index (χ2v) is 5.05. The van der Waals surface area contributed by atoms with Crippen LogP contribution in [0.25, 0.3) is 0 Å². The summed E-state index contributed by atoms with van der Waals surface area (Å²) in [6.45, 7) is 0. The average Bonchev–Trinajstić information content (AvgIpc) is 2.53. The van der Waals surface area contributed by atoms with Crippen LogP contribution in [-0.4, -0.2) is 38.4 Å². The quantitative estimate of drug-likeness (QED) is 0.308. The molecule has 0 unspecified atom stereocenters. The van der Waals surface area contributed by atoms with E-state index in [9.17, 15) is 24.9 Å². The molecule has 2 rings (SSSR count). The Kier molecular flexibility index (Phi) is 4.90. The third-order valence-corrected chi connectivity index (χ3v) is 3.21. The molecule has 0 spiro atoms. The summed E-state index contributed by atoms with van der Waals surface area (Å²) in [5.41, 5.74) is 5.94. The van der Waals surface area contributed by atoms with Crippen LogP contribution < -0.4 is 10.5 Å². The van der Waals surface area contributed by atoms with Crippen LogP contribution in [0, 0.1) is 0 Å². The van der Waals surface area contributed by atoms with Gasteiger partial charge in [-0.05, 0) is 36.2 Å². The van der Waals surface area contributed by atoms with Crippen molar-refractivity contribution in [1.29, 1.82) is 0 Å². The lowest BCUT2D eigenvalue weighted by Crippen LogP contribution is -2.32. The molecule has 8 nitrogen and oxygen atoms in total. The zero-order valence-corrected chi connectivity index (χ0v) is 12.3. The van der Waals surface area contributed by atoms with E-state index in [1.54, 1.807) is 12.1 Å². The average molecular weight is 333 g/mol. The standard InChI is InChI=1S/C16H15NO7/c17-11(15(21)22)5-8-1-3-10(4-2-8)24-16(23)9-6-12(18)14(20)13(19)7-9/h1-4,6-7,11,18-20H,5,17H2,(H,21,22)/t11-/m0/s1. The number of phenolic OH excluding ortho intramolecular Hbond substituents is 3. The summed E-state index contributed by atoms with van der Waals surface area (Å²) in [6.07, 6.45) is 0.128. The number of benzene rings is 2. The molecule has 0 saturated carbocycles. The number of hydrogen-bond acceptors (Lipinski definition) is 7. The van der Waals surface area contributed by atoms with Gasteiger partial charge >= 0.3 is 11.9 Å². The summed E-state index contributed by atoms with van der Waals surface area (Å²) in [5.74, 6) is -3.82. The van der Waals surface area contributed by atoms with E-state index in [0.717, 1.165) is 12.1 Å². The minimum absolute atomic E-state index is 0.128. The number of carboxylic acids is 1. The van der Waals surface area contributed by atoms with Gasteiger partial charge in [-0.15, -0.1) is 0 Å². The topological polar surface area (TPSA) is 150 Å². The maximum absolute atomic E-state index is 12.0. The van der Waals surface area contributed by atoms with Crippen LogP contribution in [0.4, 0.5) is 0 Å². The first-order valence-electron chi connectivity index (χ1n) is 6.82. The number of carboxylic acid groups (broad SMARTS) is 1. The van der Waals surface area contributed by atoms with Crippen LogP contribution in [0.3, 0.4) is 0 Å². The molecule has 0 radical (unpaired) electrons. The fraction of sp³-hybridized carbons (Fsp3) is 0.125. The molecule has 1 atom stereocenters. The number of phenols is 3. The largest absolute Gasteiger partial charge is 0.504 e. The molecule has 0 fully saturated rings. The Balaban J connectivity index is 2.08. The highest BCUT2D eigenvalue weighted by atomic mass is 16.5. The smallest absolute Gasteiger partial charge is 0.343 e. The lowest BCUT2D eigenvalue weighted by atomic mass is 10.1. The molecule has 0 aliphatic rings. The highest BCUT2D eigenvalue weighted by molar-refractivity contribution is 5.92. The van der Waals surface area contributed by atoms with E-state index < -0.39 is 35.2 Å². The summed E-state index contributed by atoms with van der Waals surface area (Å²) in [5, 5.41) is 36.8. The molecule has 8 heteroatoms. The Morgan fingerprint density at radius 1 is 1.04 bits per heavy atom. The number of rotatable bonds is 5. The number of carbonyl (C=O) groups excluding carboxylic acids is 1. The molecule has 2 aromatic carbocycles. The van der Waals surface area contributed by atoms with Gasteiger partial charge < -0.3 is 30.9 Å². The Hall–Kier alpha value is -3.26. The van der Waals surface area contributed by atoms with Crippen LogP contribution >= 0.6 is 0 Å². The number of esters is 1. The van der Waals surface area contributed by atoms with Gasteiger partial charge in [0.25, 0.3) is 0 Å². The van der Waals surface area contributed by atoms with Crippen molar-refractivity contribution >= 4 is 11.9 Å². The van der Waals surface area contributed by atoms with Crippen LogP contribution in [0.5, 0.6) is 23.0 Å². The molecule has 0 bridgehead atoms. The Morgan fingerprint density at radius 3 is 2.08 bits per heavy atom. The van der Waals surface area contributed by atoms with Gasteiger partial charge in [-0.25, -0.2) is 4.79 Å². The molecular weight excluding hydrogens is 318 g/mol. The van der Waals surface area contributed by atoms with Crippen LogP contribution in [0.1, 0.15) is 15.9 Å². The molecule has 126 valence electrons. The van der Waals surface area contributed by atoms with Gasteiger partial charge in [0.15, 0.2) is 17.2 Å². The Labute approximate surface area is 136 Å². The number of aromatic hydroxyl groups is 3. The first-order valence-corrected chi connectivity index (χ1v) is 6.82. The summed E-state index contributed by atoms with van der Waals surface area (Å²) in [4.78, 5) is 22.7. The van der Waals surface area contributed by atoms with Crippen LogP contribution in [0.15, 0.2) is 36.4 Å². The van der Waals surface area contributed by atoms with Gasteiger partial charge in [0, 0.05) is 0 Å². The first kappa shape index (κ1) is 17.1. The molecule has 0 aliphatic heterocycles. The molecular formula is C16H15NO7. The predicted octanol–water partition coefficient (Wildman–Crippen LogP) is 0.977. The second kappa shape index (κ2) is 6.88. The van der Waals surface area contributed by atoms with E-state index in [2.05, 4.69) is 0 Å². The number of ether oxygens (including phenoxy) is 1. The number of nitrogens with two attached hydrogens (primary N) is 1. The summed E-state index contributed by atoms with van der Waals surface area (Å²) < 4.78 is 5.07. The predicted molar refractivity (Wildman–Crippen MR) is 82.2 cm³/mol. The molecule has 0 heterocycles. The zero-order chi connectivity index (χ0) is 17.9. The van der Waals surface area contributed by atoms with Crippen molar-refractivity contribution in [3.63, 3.8) is 0 Å². The van der Waals surface area contributed by atoms with Crippen molar-refractivity contribution in [3.8, 4) is 23.0 Å². The minimum Gasteiger partial charge on any atom is -0.504 e. The van der Waals surface area contributed by atoms with Gasteiger partial charge in [0.1, 0.15) is 11.8 Å². The van der Waals surface area contributed by atoms with Gasteiger partial charge in [-0.3, -0.25) is 4.79 Å². The number of aliphatic carboxylic acids is 1. The lowest BCUT2D eigenvalue weighted by Gasteiger charge is -2.09. The van der Waals surface area contributed by atoms with E-state index in [1.807, 2.05) is 0 Å². The van der Waals surface area contributed by atoms with Crippen molar-refractivity contribution in [3.05, 3.63) is 47.5 Å². The SMILES string of the molecule is N[C@@H](Cc1ccc(OC(=O)c2cc(O)c(O)c(O)c2)cc1)C(=O)O. The van der Waals surface area contributed by atoms with Gasteiger partial charge in [-0.2, -0.15) is 0 Å². The second-order valence-electron chi connectivity index (χ2n) is 5.05. The van der Waals surface area contributed by atoms with Crippen molar-refractivity contribution in [2.75, 3.05) is 0 Å². The molecule has 24 heavy (non-hydrogen) atoms. The zero-order valence-electron chi connectivity index (χ0n) is 12.3. The van der Waals surface area contributed by atoms with E-state index in [4.69, 9.17) is 15.6 Å². The number of hydrogen-bond donors (Lipinski definition) is 5. The molecule has 0 aliphatic carbocycles. The monoisotopic (exact) mass is 333 g/mol. The van der Waals surface area contributed by atoms with E-state index in [1.165, 1.54) is 12.1 Å². The van der Waals surface area contributed by atoms with E-state index in [-0.39, 0.29) is 17.7 Å². The normalized spacial score (nSPS) is 11.7. The van der Waals surface area contributed by atoms with E-state index in [0.29, 0.717) is 5.56 Å². The maximum atomic E-state index is 12.0. The summed E-state index contributed by atoms with van der Waals surface area (Å²) >= 11 is 0. The molecule has 0 saturated heterocycles. The molecule has 0 aromatic heterocycles. The third-order valence-electron chi connectivity index (χ3n) is 3.21. The third kappa shape index (κ3) is 3.93. The van der Waals surface area contributed by atoms with Crippen molar-refractivity contribution in [2.24, 2.45) is 5.73 Å². The fourth-order valence-electron chi connectivity index (χ4n) is 1.92. The molecule has 0 amide bonds. The van der Waals surface area contributed by atoms with E-state index >= 15 is 0 Å². The Morgan fingerprint density at radius 2 is 1.58 bits per heavy atom. The lowest BCUT2D eigenvalue weighted by molar-refractivity contribution is -0.138. The Bertz CT molecular complexity index is 747. The summed E-state index contributed by atoms with van der Waals surface area (Å²) in [6, 6.07) is 6.94. The number of carbonyl (C=O) groups is 2. The molecule has 2 aromatic rings. The van der Waals surface area contributed by atoms with Gasteiger partial charge in [0.2, 0.25) is 0 Å². The van der Waals surface area contributed by atoms with Gasteiger partial charge in [-0.1, -0.05) is 12.1 Å². The van der Waals surface area contributed by atoms with Crippen molar-refractivity contribution in [2.45, 2.75) is 12.5 Å². The summed E-state index contributed by atoms with van der Waals surface area (Å²) in [7, 11) is 0. The first-order chi connectivity index (χ1) is 11.3. The van der Waals surface area contributed by atoms with Gasteiger partial charge in [0.05, 0.1) is 5.56 Å².